The number of benzene rings is 1. The molecule has 2 aromatic heterocycles. The SMILES string of the molecule is Cc1nnc(N[C@H](C)c2cccc(C(F)F)c2F)c2cc(N3CCC34COC4)ncc12. The van der Waals surface area contributed by atoms with Crippen LogP contribution in [0.1, 0.15) is 42.6 Å². The number of halogens is 3. The second-order valence-corrected chi connectivity index (χ2v) is 8.26. The maximum atomic E-state index is 14.6. The van der Waals surface area contributed by atoms with Gasteiger partial charge in [-0.1, -0.05) is 18.2 Å². The minimum atomic E-state index is -2.87. The van der Waals surface area contributed by atoms with Crippen molar-refractivity contribution >= 4 is 22.4 Å². The molecular formula is C22H22F3N5O. The number of anilines is 2. The molecule has 31 heavy (non-hydrogen) atoms. The van der Waals surface area contributed by atoms with Gasteiger partial charge in [0, 0.05) is 29.1 Å². The number of aryl methyl sites for hydroxylation is 1. The number of alkyl halides is 2. The summed E-state index contributed by atoms with van der Waals surface area (Å²) in [5, 5.41) is 13.2. The van der Waals surface area contributed by atoms with Crippen LogP contribution >= 0.6 is 0 Å². The lowest BCUT2D eigenvalue weighted by molar-refractivity contribution is -0.0851. The van der Waals surface area contributed by atoms with E-state index in [0.29, 0.717) is 19.0 Å². The van der Waals surface area contributed by atoms with E-state index in [-0.39, 0.29) is 11.1 Å². The van der Waals surface area contributed by atoms with Gasteiger partial charge in [0.1, 0.15) is 11.6 Å². The summed E-state index contributed by atoms with van der Waals surface area (Å²) < 4.78 is 46.2. The van der Waals surface area contributed by atoms with Crippen LogP contribution in [0, 0.1) is 12.7 Å². The number of nitrogens with zero attached hydrogens (tertiary/aromatic N) is 4. The van der Waals surface area contributed by atoms with Crippen LogP contribution in [0.15, 0.2) is 30.5 Å². The molecule has 0 aliphatic carbocycles. The smallest absolute Gasteiger partial charge is 0.266 e. The number of ether oxygens (including phenoxy) is 1. The van der Waals surface area contributed by atoms with Crippen LogP contribution in [0.25, 0.3) is 10.8 Å². The Labute approximate surface area is 177 Å². The summed E-state index contributed by atoms with van der Waals surface area (Å²) in [6.07, 6.45) is -0.0313. The molecular weight excluding hydrogens is 407 g/mol. The van der Waals surface area contributed by atoms with Gasteiger partial charge in [-0.2, -0.15) is 5.10 Å². The van der Waals surface area contributed by atoms with Crippen molar-refractivity contribution in [2.45, 2.75) is 38.3 Å². The van der Waals surface area contributed by atoms with Gasteiger partial charge in [0.2, 0.25) is 0 Å². The normalized spacial score (nSPS) is 18.2. The van der Waals surface area contributed by atoms with E-state index in [9.17, 15) is 13.2 Å². The average Bonchev–Trinajstić information content (AvgIpc) is 2.68. The van der Waals surface area contributed by atoms with Crippen LogP contribution in [0.2, 0.25) is 0 Å². The second kappa shape index (κ2) is 7.33. The highest BCUT2D eigenvalue weighted by Crippen LogP contribution is 2.41. The maximum absolute atomic E-state index is 14.6. The van der Waals surface area contributed by atoms with Crippen molar-refractivity contribution in [1.29, 1.82) is 0 Å². The molecule has 1 N–H and O–H groups in total. The third-order valence-electron chi connectivity index (χ3n) is 6.34. The van der Waals surface area contributed by atoms with Gasteiger partial charge in [0.25, 0.3) is 6.43 Å². The number of rotatable bonds is 5. The summed E-state index contributed by atoms with van der Waals surface area (Å²) in [4.78, 5) is 6.86. The van der Waals surface area contributed by atoms with Crippen LogP contribution in [0.4, 0.5) is 24.8 Å². The first-order valence-corrected chi connectivity index (χ1v) is 10.2. The summed E-state index contributed by atoms with van der Waals surface area (Å²) in [5.41, 5.74) is 0.304. The Morgan fingerprint density at radius 1 is 1.16 bits per heavy atom. The molecule has 162 valence electrons. The van der Waals surface area contributed by atoms with E-state index in [2.05, 4.69) is 25.4 Å². The predicted molar refractivity (Wildman–Crippen MR) is 111 cm³/mol. The van der Waals surface area contributed by atoms with Crippen LogP contribution in [-0.2, 0) is 4.74 Å². The largest absolute Gasteiger partial charge is 0.376 e. The summed E-state index contributed by atoms with van der Waals surface area (Å²) >= 11 is 0. The first kappa shape index (κ1) is 20.0. The van der Waals surface area contributed by atoms with Crippen molar-refractivity contribution in [2.24, 2.45) is 0 Å². The van der Waals surface area contributed by atoms with E-state index in [0.717, 1.165) is 41.3 Å². The Balaban J connectivity index is 1.50. The number of pyridine rings is 1. The highest BCUT2D eigenvalue weighted by atomic mass is 19.3. The molecule has 6 nitrogen and oxygen atoms in total. The highest BCUT2D eigenvalue weighted by Gasteiger charge is 2.51. The van der Waals surface area contributed by atoms with Gasteiger partial charge in [0.05, 0.1) is 36.1 Å². The van der Waals surface area contributed by atoms with Gasteiger partial charge in [-0.25, -0.2) is 18.2 Å². The number of fused-ring (bicyclic) bond motifs is 1. The summed E-state index contributed by atoms with van der Waals surface area (Å²) in [7, 11) is 0. The van der Waals surface area contributed by atoms with Crippen LogP contribution in [0.3, 0.4) is 0 Å². The Morgan fingerprint density at radius 2 is 1.94 bits per heavy atom. The van der Waals surface area contributed by atoms with Gasteiger partial charge < -0.3 is 15.0 Å². The second-order valence-electron chi connectivity index (χ2n) is 8.26. The highest BCUT2D eigenvalue weighted by molar-refractivity contribution is 5.94. The molecule has 2 fully saturated rings. The Kier molecular flexibility index (Phi) is 4.73. The molecule has 0 unspecified atom stereocenters. The molecule has 1 spiro atoms. The van der Waals surface area contributed by atoms with Gasteiger partial charge in [-0.3, -0.25) is 0 Å². The molecule has 4 heterocycles. The lowest BCUT2D eigenvalue weighted by Gasteiger charge is -2.58. The third kappa shape index (κ3) is 3.18. The summed E-state index contributed by atoms with van der Waals surface area (Å²) in [5.74, 6) is 0.380. The minimum Gasteiger partial charge on any atom is -0.376 e. The zero-order valence-electron chi connectivity index (χ0n) is 17.2. The molecule has 9 heteroatoms. The minimum absolute atomic E-state index is 0.0376. The molecule has 2 saturated heterocycles. The van der Waals surface area contributed by atoms with Crippen LogP contribution in [0.5, 0.6) is 0 Å². The van der Waals surface area contributed by atoms with E-state index in [4.69, 9.17) is 4.74 Å². The monoisotopic (exact) mass is 429 g/mol. The molecule has 5 rings (SSSR count). The van der Waals surface area contributed by atoms with Gasteiger partial charge >= 0.3 is 0 Å². The summed E-state index contributed by atoms with van der Waals surface area (Å²) in [6.45, 7) is 5.86. The van der Waals surface area contributed by atoms with Crippen molar-refractivity contribution in [2.75, 3.05) is 30.0 Å². The summed E-state index contributed by atoms with van der Waals surface area (Å²) in [6, 6.07) is 5.39. The topological polar surface area (TPSA) is 63.2 Å². The first-order chi connectivity index (χ1) is 14.9. The fourth-order valence-corrected chi connectivity index (χ4v) is 4.31. The van der Waals surface area contributed by atoms with Crippen molar-refractivity contribution in [3.63, 3.8) is 0 Å². The molecule has 3 aromatic rings. The van der Waals surface area contributed by atoms with E-state index >= 15 is 0 Å². The molecule has 2 aliphatic rings. The predicted octanol–water partition coefficient (Wildman–Crippen LogP) is 4.56. The van der Waals surface area contributed by atoms with Gasteiger partial charge in [-0.15, -0.1) is 5.10 Å². The zero-order valence-corrected chi connectivity index (χ0v) is 17.2. The van der Waals surface area contributed by atoms with E-state index in [1.165, 1.54) is 12.1 Å². The lowest BCUT2D eigenvalue weighted by atomic mass is 9.82. The Bertz CT molecular complexity index is 1150. The molecule has 0 saturated carbocycles. The maximum Gasteiger partial charge on any atom is 0.266 e. The fraction of sp³-hybridized carbons (Fsp3) is 0.409. The number of hydrogen-bond acceptors (Lipinski definition) is 6. The lowest BCUT2D eigenvalue weighted by Crippen LogP contribution is -2.71. The van der Waals surface area contributed by atoms with Gasteiger partial charge in [0.15, 0.2) is 5.82 Å². The van der Waals surface area contributed by atoms with Crippen molar-refractivity contribution in [1.82, 2.24) is 15.2 Å². The van der Waals surface area contributed by atoms with Crippen LogP contribution < -0.4 is 10.2 Å². The molecule has 0 bridgehead atoms. The molecule has 0 radical (unpaired) electrons. The standard InChI is InChI=1S/C22H22F3N5O/c1-12(14-4-3-5-15(19(14)23)20(24)25)27-21-16-8-18(26-9-17(16)13(2)28-29-21)30-7-6-22(30)10-31-11-22/h3-5,8-9,12,20H,6-7,10-11H2,1-2H3,(H,27,29)/t12-/m1/s1. The molecule has 2 aliphatic heterocycles. The Morgan fingerprint density at radius 3 is 2.58 bits per heavy atom. The van der Waals surface area contributed by atoms with Gasteiger partial charge in [-0.05, 0) is 26.3 Å². The number of aromatic nitrogens is 3. The van der Waals surface area contributed by atoms with Crippen molar-refractivity contribution < 1.29 is 17.9 Å². The molecule has 0 amide bonds. The van der Waals surface area contributed by atoms with E-state index < -0.39 is 23.8 Å². The zero-order chi connectivity index (χ0) is 21.8. The van der Waals surface area contributed by atoms with E-state index in [1.54, 1.807) is 13.1 Å². The molecule has 1 atom stereocenters. The quantitative estimate of drug-likeness (QED) is 0.642. The van der Waals surface area contributed by atoms with Crippen molar-refractivity contribution in [3.8, 4) is 0 Å². The first-order valence-electron chi connectivity index (χ1n) is 10.2. The average molecular weight is 429 g/mol. The third-order valence-corrected chi connectivity index (χ3v) is 6.34. The van der Waals surface area contributed by atoms with Crippen molar-refractivity contribution in [3.05, 3.63) is 53.1 Å². The number of nitrogens with one attached hydrogen (secondary N) is 1. The molecule has 1 aromatic carbocycles. The van der Waals surface area contributed by atoms with Crippen LogP contribution in [-0.4, -0.2) is 40.5 Å². The number of hydrogen-bond donors (Lipinski definition) is 1. The Hall–Kier alpha value is -2.94. The fourth-order valence-electron chi connectivity index (χ4n) is 4.31. The van der Waals surface area contributed by atoms with E-state index in [1.807, 2.05) is 13.0 Å².